The fraction of sp³-hybridized carbons (Fsp3) is 0.700. The van der Waals surface area contributed by atoms with Gasteiger partial charge in [-0.2, -0.15) is 0 Å². The van der Waals surface area contributed by atoms with E-state index in [0.717, 1.165) is 11.4 Å². The Morgan fingerprint density at radius 2 is 2.64 bits per heavy atom. The average molecular weight is 214 g/mol. The van der Waals surface area contributed by atoms with Crippen LogP contribution in [0.2, 0.25) is 0 Å². The van der Waals surface area contributed by atoms with Gasteiger partial charge in [0.25, 0.3) is 0 Å². The highest BCUT2D eigenvalue weighted by molar-refractivity contribution is 7.09. The molecule has 1 fully saturated rings. The number of nitrogens with one attached hydrogen (secondary N) is 1. The van der Waals surface area contributed by atoms with Crippen LogP contribution in [0.3, 0.4) is 0 Å². The molecule has 1 saturated heterocycles. The van der Waals surface area contributed by atoms with E-state index in [1.54, 1.807) is 6.20 Å². The van der Waals surface area contributed by atoms with Crippen molar-refractivity contribution in [1.29, 1.82) is 0 Å². The van der Waals surface area contributed by atoms with Gasteiger partial charge in [-0.15, -0.1) is 11.3 Å². The van der Waals surface area contributed by atoms with Crippen molar-refractivity contribution in [2.75, 3.05) is 6.54 Å². The van der Waals surface area contributed by atoms with Gasteiger partial charge < -0.3 is 5.32 Å². The van der Waals surface area contributed by atoms with Crippen molar-refractivity contribution in [3.05, 3.63) is 16.6 Å². The van der Waals surface area contributed by atoms with E-state index in [9.17, 15) is 4.39 Å². The van der Waals surface area contributed by atoms with Crippen molar-refractivity contribution in [3.63, 3.8) is 0 Å². The number of nitrogens with zero attached hydrogens (tertiary/aromatic N) is 1. The molecule has 0 spiro atoms. The van der Waals surface area contributed by atoms with Crippen molar-refractivity contribution >= 4 is 11.3 Å². The maximum absolute atomic E-state index is 14.2. The van der Waals surface area contributed by atoms with E-state index in [1.165, 1.54) is 11.3 Å². The number of alkyl halides is 1. The molecule has 0 aromatic carbocycles. The highest BCUT2D eigenvalue weighted by Gasteiger charge is 2.34. The molecule has 2 atom stereocenters. The third kappa shape index (κ3) is 2.30. The quantitative estimate of drug-likeness (QED) is 0.816. The van der Waals surface area contributed by atoms with Crippen molar-refractivity contribution in [2.24, 2.45) is 0 Å². The first-order valence-corrected chi connectivity index (χ1v) is 5.87. The molecule has 4 heteroatoms. The van der Waals surface area contributed by atoms with Crippen LogP contribution in [0.15, 0.2) is 11.6 Å². The summed E-state index contributed by atoms with van der Waals surface area (Å²) in [5, 5.41) is 5.99. The van der Waals surface area contributed by atoms with E-state index in [1.807, 2.05) is 5.38 Å². The Balaban J connectivity index is 1.96. The molecule has 1 aliphatic rings. The topological polar surface area (TPSA) is 24.9 Å². The first-order valence-electron chi connectivity index (χ1n) is 4.99. The Morgan fingerprint density at radius 1 is 1.79 bits per heavy atom. The molecule has 2 rings (SSSR count). The summed E-state index contributed by atoms with van der Waals surface area (Å²) in [6, 6.07) is 0.454. The van der Waals surface area contributed by atoms with Crippen LogP contribution >= 0.6 is 11.3 Å². The summed E-state index contributed by atoms with van der Waals surface area (Å²) in [6.07, 6.45) is 3.77. The maximum atomic E-state index is 14.2. The fourth-order valence-electron chi connectivity index (χ4n) is 1.78. The highest BCUT2D eigenvalue weighted by atomic mass is 32.1. The Labute approximate surface area is 87.6 Å². The zero-order chi connectivity index (χ0) is 10.0. The third-order valence-electron chi connectivity index (χ3n) is 2.74. The molecular formula is C10H15FN2S. The molecule has 78 valence electrons. The zero-order valence-electron chi connectivity index (χ0n) is 8.29. The van der Waals surface area contributed by atoms with E-state index in [4.69, 9.17) is 0 Å². The SMILES string of the molecule is CC1CCC(F)(Cc2nccs2)CN1. The van der Waals surface area contributed by atoms with Gasteiger partial charge in [-0.05, 0) is 19.8 Å². The minimum absolute atomic E-state index is 0.454. The first kappa shape index (κ1) is 10.1. The molecule has 1 aromatic heterocycles. The van der Waals surface area contributed by atoms with Gasteiger partial charge in [-0.3, -0.25) is 0 Å². The summed E-state index contributed by atoms with van der Waals surface area (Å²) in [6.45, 7) is 2.57. The van der Waals surface area contributed by atoms with Crippen LogP contribution in [0.1, 0.15) is 24.8 Å². The van der Waals surface area contributed by atoms with Crippen LogP contribution in [-0.4, -0.2) is 23.2 Å². The van der Waals surface area contributed by atoms with Crippen LogP contribution in [-0.2, 0) is 6.42 Å². The molecule has 1 aromatic rings. The van der Waals surface area contributed by atoms with Gasteiger partial charge in [0.1, 0.15) is 5.67 Å². The Kier molecular flexibility index (Phi) is 2.83. The second kappa shape index (κ2) is 3.95. The Hall–Kier alpha value is -0.480. The molecule has 0 radical (unpaired) electrons. The molecule has 2 heterocycles. The normalized spacial score (nSPS) is 33.1. The van der Waals surface area contributed by atoms with Gasteiger partial charge in [0.2, 0.25) is 0 Å². The van der Waals surface area contributed by atoms with E-state index in [0.29, 0.717) is 25.4 Å². The molecule has 0 bridgehead atoms. The van der Waals surface area contributed by atoms with E-state index in [2.05, 4.69) is 17.2 Å². The van der Waals surface area contributed by atoms with Crippen LogP contribution in [0.4, 0.5) is 4.39 Å². The summed E-state index contributed by atoms with van der Waals surface area (Å²) in [5.41, 5.74) is -1.08. The lowest BCUT2D eigenvalue weighted by Gasteiger charge is -2.33. The predicted molar refractivity (Wildman–Crippen MR) is 56.4 cm³/mol. The Morgan fingerprint density at radius 3 is 3.21 bits per heavy atom. The van der Waals surface area contributed by atoms with Crippen molar-refractivity contribution < 1.29 is 4.39 Å². The molecule has 2 nitrogen and oxygen atoms in total. The van der Waals surface area contributed by atoms with Gasteiger partial charge in [-0.1, -0.05) is 0 Å². The number of piperidine rings is 1. The lowest BCUT2D eigenvalue weighted by molar-refractivity contribution is 0.107. The summed E-state index contributed by atoms with van der Waals surface area (Å²) < 4.78 is 14.2. The van der Waals surface area contributed by atoms with E-state index in [-0.39, 0.29) is 0 Å². The lowest BCUT2D eigenvalue weighted by Crippen LogP contribution is -2.47. The van der Waals surface area contributed by atoms with Gasteiger partial charge in [-0.25, -0.2) is 9.37 Å². The summed E-state index contributed by atoms with van der Waals surface area (Å²) in [5.74, 6) is 0. The average Bonchev–Trinajstić information content (AvgIpc) is 2.63. The van der Waals surface area contributed by atoms with Crippen LogP contribution in [0, 0.1) is 0 Å². The summed E-state index contributed by atoms with van der Waals surface area (Å²) in [4.78, 5) is 4.13. The summed E-state index contributed by atoms with van der Waals surface area (Å²) in [7, 11) is 0. The standard InChI is InChI=1S/C10H15FN2S/c1-8-2-3-10(11,7-13-8)6-9-12-4-5-14-9/h4-5,8,13H,2-3,6-7H2,1H3. The van der Waals surface area contributed by atoms with Crippen molar-refractivity contribution in [2.45, 2.75) is 37.9 Å². The molecule has 0 saturated carbocycles. The minimum Gasteiger partial charge on any atom is -0.311 e. The molecule has 2 unspecified atom stereocenters. The number of aromatic nitrogens is 1. The van der Waals surface area contributed by atoms with Crippen molar-refractivity contribution in [3.8, 4) is 0 Å². The monoisotopic (exact) mass is 214 g/mol. The van der Waals surface area contributed by atoms with Gasteiger partial charge in [0.15, 0.2) is 0 Å². The maximum Gasteiger partial charge on any atom is 0.129 e. The predicted octanol–water partition coefficient (Wildman–Crippen LogP) is 2.17. The first-order chi connectivity index (χ1) is 6.68. The largest absolute Gasteiger partial charge is 0.311 e. The van der Waals surface area contributed by atoms with Crippen LogP contribution in [0.25, 0.3) is 0 Å². The number of rotatable bonds is 2. The number of hydrogen-bond acceptors (Lipinski definition) is 3. The van der Waals surface area contributed by atoms with Gasteiger partial charge in [0.05, 0.1) is 5.01 Å². The molecule has 0 amide bonds. The lowest BCUT2D eigenvalue weighted by atomic mass is 9.90. The molecule has 1 N–H and O–H groups in total. The number of hydrogen-bond donors (Lipinski definition) is 1. The van der Waals surface area contributed by atoms with E-state index >= 15 is 0 Å². The fourth-order valence-corrected chi connectivity index (χ4v) is 2.53. The van der Waals surface area contributed by atoms with Gasteiger partial charge in [0, 0.05) is 30.6 Å². The van der Waals surface area contributed by atoms with Crippen LogP contribution < -0.4 is 5.32 Å². The third-order valence-corrected chi connectivity index (χ3v) is 3.52. The van der Waals surface area contributed by atoms with Crippen LogP contribution in [0.5, 0.6) is 0 Å². The van der Waals surface area contributed by atoms with Crippen molar-refractivity contribution in [1.82, 2.24) is 10.3 Å². The number of thiazole rings is 1. The molecular weight excluding hydrogens is 199 g/mol. The molecule has 0 aliphatic carbocycles. The second-order valence-electron chi connectivity index (χ2n) is 4.07. The zero-order valence-corrected chi connectivity index (χ0v) is 9.11. The highest BCUT2D eigenvalue weighted by Crippen LogP contribution is 2.28. The number of halogens is 1. The van der Waals surface area contributed by atoms with E-state index < -0.39 is 5.67 Å². The van der Waals surface area contributed by atoms with Gasteiger partial charge >= 0.3 is 0 Å². The summed E-state index contributed by atoms with van der Waals surface area (Å²) >= 11 is 1.54. The molecule has 1 aliphatic heterocycles. The smallest absolute Gasteiger partial charge is 0.129 e. The Bertz CT molecular complexity index is 278. The minimum atomic E-state index is -1.08. The second-order valence-corrected chi connectivity index (χ2v) is 5.05. The molecule has 14 heavy (non-hydrogen) atoms.